The Bertz CT molecular complexity index is 528. The summed E-state index contributed by atoms with van der Waals surface area (Å²) in [5.41, 5.74) is 1.53. The zero-order valence-corrected chi connectivity index (χ0v) is 13.0. The molecule has 0 saturated heterocycles. The lowest BCUT2D eigenvalue weighted by Gasteiger charge is -2.19. The van der Waals surface area contributed by atoms with E-state index in [1.54, 1.807) is 6.92 Å². The lowest BCUT2D eigenvalue weighted by Crippen LogP contribution is -2.06. The molecule has 0 radical (unpaired) electrons. The maximum Gasteiger partial charge on any atom is 0.357 e. The molecule has 6 heteroatoms. The van der Waals surface area contributed by atoms with Crippen LogP contribution in [0.3, 0.4) is 0 Å². The fourth-order valence-electron chi connectivity index (χ4n) is 1.79. The van der Waals surface area contributed by atoms with Gasteiger partial charge in [-0.2, -0.15) is 0 Å². The van der Waals surface area contributed by atoms with Gasteiger partial charge in [0.2, 0.25) is 0 Å². The summed E-state index contributed by atoms with van der Waals surface area (Å²) in [7, 11) is 0.362. The van der Waals surface area contributed by atoms with Crippen LogP contribution in [-0.2, 0) is 23.1 Å². The predicted octanol–water partition coefficient (Wildman–Crippen LogP) is 3.47. The van der Waals surface area contributed by atoms with E-state index in [4.69, 9.17) is 9.05 Å². The zero-order valence-electron chi connectivity index (χ0n) is 12.1. The SMILES string of the molecule is COC(=O)C/C(=C(/C)c1ccccc1)P(=O)(OC)OC. The smallest absolute Gasteiger partial charge is 0.357 e. The number of carbonyl (C=O) groups excluding carboxylic acids is 1. The largest absolute Gasteiger partial charge is 0.469 e. The van der Waals surface area contributed by atoms with E-state index in [2.05, 4.69) is 4.74 Å². The van der Waals surface area contributed by atoms with E-state index in [9.17, 15) is 9.36 Å². The van der Waals surface area contributed by atoms with Crippen molar-refractivity contribution in [3.8, 4) is 0 Å². The molecule has 0 N–H and O–H groups in total. The molecule has 0 aliphatic rings. The summed E-state index contributed by atoms with van der Waals surface area (Å²) in [6.07, 6.45) is -0.143. The minimum absolute atomic E-state index is 0.143. The predicted molar refractivity (Wildman–Crippen MR) is 77.3 cm³/mol. The summed E-state index contributed by atoms with van der Waals surface area (Å²) < 4.78 is 27.3. The molecule has 0 unspecified atom stereocenters. The van der Waals surface area contributed by atoms with Crippen molar-refractivity contribution >= 4 is 19.1 Å². The second-order valence-electron chi connectivity index (χ2n) is 4.05. The molecule has 20 heavy (non-hydrogen) atoms. The number of ether oxygens (including phenoxy) is 1. The number of hydrogen-bond acceptors (Lipinski definition) is 5. The van der Waals surface area contributed by atoms with Crippen LogP contribution in [0.4, 0.5) is 0 Å². The minimum atomic E-state index is -3.50. The Labute approximate surface area is 119 Å². The van der Waals surface area contributed by atoms with E-state index >= 15 is 0 Å². The highest BCUT2D eigenvalue weighted by Gasteiger charge is 2.31. The number of rotatable bonds is 6. The van der Waals surface area contributed by atoms with Crippen molar-refractivity contribution in [3.63, 3.8) is 0 Å². The van der Waals surface area contributed by atoms with Crippen LogP contribution in [0, 0.1) is 0 Å². The Balaban J connectivity index is 3.36. The number of benzene rings is 1. The van der Waals surface area contributed by atoms with Gasteiger partial charge in [-0.05, 0) is 18.1 Å². The van der Waals surface area contributed by atoms with Crippen molar-refractivity contribution in [2.24, 2.45) is 0 Å². The first-order chi connectivity index (χ1) is 9.48. The van der Waals surface area contributed by atoms with Gasteiger partial charge in [-0.3, -0.25) is 9.36 Å². The normalized spacial score (nSPS) is 12.8. The highest BCUT2D eigenvalue weighted by molar-refractivity contribution is 7.58. The van der Waals surface area contributed by atoms with Crippen LogP contribution in [-0.4, -0.2) is 27.3 Å². The number of esters is 1. The molecular weight excluding hydrogens is 279 g/mol. The molecule has 0 spiro atoms. The molecule has 0 aliphatic heterocycles. The molecule has 5 nitrogen and oxygen atoms in total. The van der Waals surface area contributed by atoms with E-state index in [1.807, 2.05) is 30.3 Å². The van der Waals surface area contributed by atoms with E-state index in [1.165, 1.54) is 21.3 Å². The van der Waals surface area contributed by atoms with Gasteiger partial charge < -0.3 is 13.8 Å². The Hall–Kier alpha value is -1.42. The third kappa shape index (κ3) is 3.79. The summed E-state index contributed by atoms with van der Waals surface area (Å²) in [6, 6.07) is 9.33. The van der Waals surface area contributed by atoms with Gasteiger partial charge in [-0.15, -0.1) is 0 Å². The topological polar surface area (TPSA) is 61.8 Å². The van der Waals surface area contributed by atoms with Crippen LogP contribution >= 0.6 is 7.60 Å². The molecule has 0 fully saturated rings. The van der Waals surface area contributed by atoms with Crippen LogP contribution in [0.25, 0.3) is 5.57 Å². The molecule has 0 amide bonds. The summed E-state index contributed by atoms with van der Waals surface area (Å²) >= 11 is 0. The van der Waals surface area contributed by atoms with Crippen molar-refractivity contribution in [2.75, 3.05) is 21.3 Å². The molecule has 1 aromatic carbocycles. The molecule has 0 aromatic heterocycles. The van der Waals surface area contributed by atoms with E-state index < -0.39 is 13.6 Å². The maximum absolute atomic E-state index is 12.6. The molecule has 1 rings (SSSR count). The summed E-state index contributed by atoms with van der Waals surface area (Å²) in [4.78, 5) is 11.5. The molecule has 0 saturated carbocycles. The van der Waals surface area contributed by atoms with Crippen LogP contribution in [0.5, 0.6) is 0 Å². The highest BCUT2D eigenvalue weighted by Crippen LogP contribution is 2.58. The zero-order chi connectivity index (χ0) is 15.2. The molecule has 0 atom stereocenters. The fourth-order valence-corrected chi connectivity index (χ4v) is 3.25. The van der Waals surface area contributed by atoms with Gasteiger partial charge in [0.1, 0.15) is 0 Å². The monoisotopic (exact) mass is 298 g/mol. The third-order valence-electron chi connectivity index (χ3n) is 2.99. The lowest BCUT2D eigenvalue weighted by molar-refractivity contribution is -0.139. The number of hydrogen-bond donors (Lipinski definition) is 0. The van der Waals surface area contributed by atoms with Crippen molar-refractivity contribution in [3.05, 3.63) is 41.2 Å². The molecule has 0 aliphatic carbocycles. The molecule has 0 bridgehead atoms. The second-order valence-corrected chi connectivity index (χ2v) is 6.32. The second kappa shape index (κ2) is 7.39. The Morgan fingerprint density at radius 1 is 1.10 bits per heavy atom. The van der Waals surface area contributed by atoms with Crippen molar-refractivity contribution in [1.82, 2.24) is 0 Å². The van der Waals surface area contributed by atoms with E-state index in [0.717, 1.165) is 5.56 Å². The number of allylic oxidation sites excluding steroid dienone is 1. The van der Waals surface area contributed by atoms with Gasteiger partial charge in [-0.1, -0.05) is 30.3 Å². The molecule has 110 valence electrons. The van der Waals surface area contributed by atoms with Crippen LogP contribution in [0.1, 0.15) is 18.9 Å². The van der Waals surface area contributed by atoms with Crippen molar-refractivity contribution in [2.45, 2.75) is 13.3 Å². The van der Waals surface area contributed by atoms with Gasteiger partial charge >= 0.3 is 13.6 Å². The first-order valence-electron chi connectivity index (χ1n) is 6.02. The number of carbonyl (C=O) groups is 1. The molecule has 0 heterocycles. The van der Waals surface area contributed by atoms with Gasteiger partial charge in [0.05, 0.1) is 18.8 Å². The van der Waals surface area contributed by atoms with Crippen LogP contribution < -0.4 is 0 Å². The average molecular weight is 298 g/mol. The van der Waals surface area contributed by atoms with Gasteiger partial charge in [0, 0.05) is 14.2 Å². The van der Waals surface area contributed by atoms with Gasteiger partial charge in [0.15, 0.2) is 0 Å². The Morgan fingerprint density at radius 2 is 1.65 bits per heavy atom. The lowest BCUT2D eigenvalue weighted by atomic mass is 10.1. The fraction of sp³-hybridized carbons (Fsp3) is 0.357. The van der Waals surface area contributed by atoms with Gasteiger partial charge in [-0.25, -0.2) is 0 Å². The highest BCUT2D eigenvalue weighted by atomic mass is 31.2. The van der Waals surface area contributed by atoms with E-state index in [-0.39, 0.29) is 6.42 Å². The van der Waals surface area contributed by atoms with E-state index in [0.29, 0.717) is 10.9 Å². The Kier molecular flexibility index (Phi) is 6.14. The first-order valence-corrected chi connectivity index (χ1v) is 7.56. The van der Waals surface area contributed by atoms with Crippen molar-refractivity contribution < 1.29 is 23.1 Å². The third-order valence-corrected chi connectivity index (χ3v) is 5.11. The van der Waals surface area contributed by atoms with Crippen LogP contribution in [0.2, 0.25) is 0 Å². The standard InChI is InChI=1S/C14H19O5P/c1-11(12-8-6-5-7-9-12)13(10-14(15)17-2)20(16,18-3)19-4/h5-9H,10H2,1-4H3/b13-11+. The quantitative estimate of drug-likeness (QED) is 0.594. The average Bonchev–Trinajstić information content (AvgIpc) is 2.51. The summed E-state index contributed by atoms with van der Waals surface area (Å²) in [5.74, 6) is -0.496. The summed E-state index contributed by atoms with van der Waals surface area (Å²) in [6.45, 7) is 1.78. The minimum Gasteiger partial charge on any atom is -0.469 e. The van der Waals surface area contributed by atoms with Crippen molar-refractivity contribution in [1.29, 1.82) is 0 Å². The first kappa shape index (κ1) is 16.6. The van der Waals surface area contributed by atoms with Crippen LogP contribution in [0.15, 0.2) is 35.6 Å². The van der Waals surface area contributed by atoms with Gasteiger partial charge in [0.25, 0.3) is 0 Å². The Morgan fingerprint density at radius 3 is 2.10 bits per heavy atom. The summed E-state index contributed by atoms with van der Waals surface area (Å²) in [5, 5.41) is 0.306. The maximum atomic E-state index is 12.6. The molecular formula is C14H19O5P. The number of methoxy groups -OCH3 is 1. The molecule has 1 aromatic rings.